The number of piperazine rings is 1. The van der Waals surface area contributed by atoms with Gasteiger partial charge in [0.05, 0.1) is 15.2 Å². The highest BCUT2D eigenvalue weighted by molar-refractivity contribution is 7.92. The molecule has 0 radical (unpaired) electrons. The first kappa shape index (κ1) is 29.0. The van der Waals surface area contributed by atoms with E-state index < -0.39 is 32.4 Å². The minimum absolute atomic E-state index is 0.00895. The smallest absolute Gasteiger partial charge is 0.293 e. The molecular formula is C30H28N4O9S. The number of nitrogens with zero attached hydrogens (tertiary/aromatic N) is 3. The number of hydrogen-bond donors (Lipinski definition) is 2. The number of nitrogens with one attached hydrogen (secondary N) is 1. The van der Waals surface area contributed by atoms with Crippen LogP contribution in [0.25, 0.3) is 16.7 Å². The van der Waals surface area contributed by atoms with E-state index in [4.69, 9.17) is 13.9 Å². The van der Waals surface area contributed by atoms with Gasteiger partial charge < -0.3 is 28.8 Å². The molecule has 44 heavy (non-hydrogen) atoms. The first-order chi connectivity index (χ1) is 21.1. The summed E-state index contributed by atoms with van der Waals surface area (Å²) in [6.07, 6.45) is 0.995. The van der Waals surface area contributed by atoms with E-state index in [2.05, 4.69) is 9.62 Å². The first-order valence-electron chi connectivity index (χ1n) is 13.7. The predicted octanol–water partition coefficient (Wildman–Crippen LogP) is 3.87. The van der Waals surface area contributed by atoms with Gasteiger partial charge in [-0.2, -0.15) is 0 Å². The zero-order valence-corrected chi connectivity index (χ0v) is 24.3. The van der Waals surface area contributed by atoms with E-state index in [-0.39, 0.29) is 38.8 Å². The van der Waals surface area contributed by atoms with E-state index in [0.717, 1.165) is 24.7 Å². The maximum atomic E-state index is 13.2. The van der Waals surface area contributed by atoms with Gasteiger partial charge in [0, 0.05) is 44.4 Å². The van der Waals surface area contributed by atoms with E-state index in [0.29, 0.717) is 25.2 Å². The van der Waals surface area contributed by atoms with Crippen LogP contribution in [-0.4, -0.2) is 62.9 Å². The van der Waals surface area contributed by atoms with Gasteiger partial charge in [-0.1, -0.05) is 30.3 Å². The van der Waals surface area contributed by atoms with Crippen molar-refractivity contribution < 1.29 is 32.3 Å². The van der Waals surface area contributed by atoms with E-state index >= 15 is 0 Å². The van der Waals surface area contributed by atoms with Crippen LogP contribution in [0, 0.1) is 10.1 Å². The largest absolute Gasteiger partial charge is 0.501 e. The number of ether oxygens (including phenoxy) is 2. The second kappa shape index (κ2) is 11.5. The number of rotatable bonds is 8. The Morgan fingerprint density at radius 1 is 1.05 bits per heavy atom. The fourth-order valence-electron chi connectivity index (χ4n) is 5.10. The lowest BCUT2D eigenvalue weighted by atomic mass is 10.1. The zero-order chi connectivity index (χ0) is 31.0. The summed E-state index contributed by atoms with van der Waals surface area (Å²) in [5.74, 6) is -0.921. The molecule has 2 aliphatic rings. The molecule has 228 valence electrons. The van der Waals surface area contributed by atoms with E-state index in [1.807, 2.05) is 42.3 Å². The standard InChI is InChI=1S/C30H28N4O9S/c1-32-11-13-33(14-12-32)23-9-8-21(17-24(23)34(37)38)44(39,40)31-20-7-10-25-22(16-20)28(35)29(36)30(43-25)26-18-41-27(42-26)15-19-5-3-2-4-6-19/h2-10,16-18,27,31,36H,11-15H2,1H3. The Labute approximate surface area is 251 Å². The number of sulfonamides is 1. The molecule has 2 N–H and O–H groups in total. The van der Waals surface area contributed by atoms with Crippen LogP contribution in [0.5, 0.6) is 5.75 Å². The van der Waals surface area contributed by atoms with Crippen LogP contribution >= 0.6 is 0 Å². The van der Waals surface area contributed by atoms with Gasteiger partial charge in [-0.3, -0.25) is 19.6 Å². The molecule has 6 rings (SSSR count). The van der Waals surface area contributed by atoms with Crippen molar-refractivity contribution >= 4 is 43.8 Å². The molecule has 0 amide bonds. The quantitative estimate of drug-likeness (QED) is 0.217. The van der Waals surface area contributed by atoms with Gasteiger partial charge in [0.1, 0.15) is 17.5 Å². The summed E-state index contributed by atoms with van der Waals surface area (Å²) < 4.78 is 45.9. The molecule has 1 fully saturated rings. The average molecular weight is 621 g/mol. The monoisotopic (exact) mass is 620 g/mol. The molecule has 0 spiro atoms. The summed E-state index contributed by atoms with van der Waals surface area (Å²) in [5, 5.41) is 22.4. The number of aromatic hydroxyl groups is 1. The van der Waals surface area contributed by atoms with Crippen molar-refractivity contribution in [3.8, 4) is 5.75 Å². The molecule has 1 unspecified atom stereocenters. The van der Waals surface area contributed by atoms with Gasteiger partial charge in [0.2, 0.25) is 29.0 Å². The van der Waals surface area contributed by atoms with Crippen LogP contribution in [0.2, 0.25) is 0 Å². The maximum absolute atomic E-state index is 13.2. The van der Waals surface area contributed by atoms with Crippen molar-refractivity contribution in [2.75, 3.05) is 42.8 Å². The zero-order valence-electron chi connectivity index (χ0n) is 23.5. The highest BCUT2D eigenvalue weighted by Gasteiger charge is 2.29. The van der Waals surface area contributed by atoms with Crippen LogP contribution in [0.15, 0.2) is 87.1 Å². The number of anilines is 2. The molecule has 14 heteroatoms. The van der Waals surface area contributed by atoms with Gasteiger partial charge >= 0.3 is 0 Å². The summed E-state index contributed by atoms with van der Waals surface area (Å²) in [4.78, 5) is 28.0. The third-order valence-corrected chi connectivity index (χ3v) is 8.85. The Morgan fingerprint density at radius 2 is 1.80 bits per heavy atom. The van der Waals surface area contributed by atoms with Gasteiger partial charge in [-0.15, -0.1) is 0 Å². The SMILES string of the molecule is CN1CCN(c2ccc(S(=O)(=O)Nc3ccc4oc(C5=COC(Cc6ccccc6)O5)c(O)c(=O)c4c3)cc2[N+](=O)[O-])CC1. The molecule has 1 aromatic heterocycles. The molecule has 1 atom stereocenters. The van der Waals surface area contributed by atoms with Crippen LogP contribution in [-0.2, 0) is 25.9 Å². The molecule has 1 saturated heterocycles. The fourth-order valence-corrected chi connectivity index (χ4v) is 6.17. The number of likely N-dealkylation sites (N-methyl/N-ethyl adjacent to an activating group) is 1. The molecule has 0 saturated carbocycles. The van der Waals surface area contributed by atoms with Crippen molar-refractivity contribution in [1.29, 1.82) is 0 Å². The topological polar surface area (TPSA) is 165 Å². The minimum atomic E-state index is -4.29. The highest BCUT2D eigenvalue weighted by atomic mass is 32.2. The number of hydrogen-bond acceptors (Lipinski definition) is 11. The summed E-state index contributed by atoms with van der Waals surface area (Å²) in [6, 6.07) is 17.2. The maximum Gasteiger partial charge on any atom is 0.293 e. The number of fused-ring (bicyclic) bond motifs is 1. The van der Waals surface area contributed by atoms with Crippen molar-refractivity contribution in [3.63, 3.8) is 0 Å². The van der Waals surface area contributed by atoms with Crippen molar-refractivity contribution in [1.82, 2.24) is 4.90 Å². The van der Waals surface area contributed by atoms with Crippen LogP contribution in [0.3, 0.4) is 0 Å². The summed E-state index contributed by atoms with van der Waals surface area (Å²) in [6.45, 7) is 2.58. The number of benzene rings is 3. The fraction of sp³-hybridized carbons (Fsp3) is 0.233. The predicted molar refractivity (Wildman–Crippen MR) is 162 cm³/mol. The highest BCUT2D eigenvalue weighted by Crippen LogP contribution is 2.34. The van der Waals surface area contributed by atoms with Gasteiger partial charge in [-0.05, 0) is 42.9 Å². The van der Waals surface area contributed by atoms with Crippen molar-refractivity contribution in [3.05, 3.63) is 105 Å². The normalized spacial score (nSPS) is 17.2. The van der Waals surface area contributed by atoms with Crippen LogP contribution in [0.1, 0.15) is 11.3 Å². The van der Waals surface area contributed by atoms with Crippen LogP contribution < -0.4 is 15.1 Å². The number of nitro groups is 1. The molecule has 0 aliphatic carbocycles. The lowest BCUT2D eigenvalue weighted by molar-refractivity contribution is -0.384. The average Bonchev–Trinajstić information content (AvgIpc) is 3.47. The third kappa shape index (κ3) is 5.76. The van der Waals surface area contributed by atoms with E-state index in [1.165, 1.54) is 36.6 Å². The molecule has 13 nitrogen and oxygen atoms in total. The number of nitro benzene ring substituents is 1. The Bertz CT molecular complexity index is 1940. The second-order valence-corrected chi connectivity index (χ2v) is 12.2. The Kier molecular flexibility index (Phi) is 7.61. The summed E-state index contributed by atoms with van der Waals surface area (Å²) in [5.41, 5.74) is 0.221. The van der Waals surface area contributed by atoms with Gasteiger partial charge in [0.15, 0.2) is 0 Å². The molecular weight excluding hydrogens is 592 g/mol. The van der Waals surface area contributed by atoms with Crippen molar-refractivity contribution in [2.24, 2.45) is 0 Å². The Morgan fingerprint density at radius 3 is 2.52 bits per heavy atom. The third-order valence-electron chi connectivity index (χ3n) is 7.47. The van der Waals surface area contributed by atoms with Crippen LogP contribution in [0.4, 0.5) is 17.1 Å². The second-order valence-electron chi connectivity index (χ2n) is 10.5. The summed E-state index contributed by atoms with van der Waals surface area (Å²) in [7, 11) is -2.33. The van der Waals surface area contributed by atoms with Gasteiger partial charge in [0.25, 0.3) is 15.7 Å². The molecule has 3 aromatic carbocycles. The van der Waals surface area contributed by atoms with E-state index in [1.54, 1.807) is 0 Å². The first-order valence-corrected chi connectivity index (χ1v) is 15.2. The lowest BCUT2D eigenvalue weighted by Gasteiger charge is -2.33. The van der Waals surface area contributed by atoms with E-state index in [9.17, 15) is 28.4 Å². The minimum Gasteiger partial charge on any atom is -0.501 e. The molecule has 4 aromatic rings. The summed E-state index contributed by atoms with van der Waals surface area (Å²) >= 11 is 0. The molecule has 2 aliphatic heterocycles. The Hall–Kier alpha value is -5.08. The molecule has 0 bridgehead atoms. The Balaban J connectivity index is 1.23. The molecule has 3 heterocycles. The van der Waals surface area contributed by atoms with Gasteiger partial charge in [-0.25, -0.2) is 8.42 Å². The lowest BCUT2D eigenvalue weighted by Crippen LogP contribution is -2.44. The van der Waals surface area contributed by atoms with Crippen molar-refractivity contribution in [2.45, 2.75) is 17.6 Å².